The third-order valence-corrected chi connectivity index (χ3v) is 4.94. The van der Waals surface area contributed by atoms with E-state index in [9.17, 15) is 4.79 Å². The number of amides is 1. The Balaban J connectivity index is 1.55. The van der Waals surface area contributed by atoms with Crippen molar-refractivity contribution >= 4 is 45.8 Å². The summed E-state index contributed by atoms with van der Waals surface area (Å²) in [6.07, 6.45) is 0. The van der Waals surface area contributed by atoms with E-state index >= 15 is 0 Å². The van der Waals surface area contributed by atoms with Gasteiger partial charge in [-0.3, -0.25) is 4.79 Å². The Hall–Kier alpha value is -2.82. The Bertz CT molecular complexity index is 1150. The average molecular weight is 396 g/mol. The first-order valence-corrected chi connectivity index (χ1v) is 9.08. The van der Waals surface area contributed by atoms with Gasteiger partial charge in [0, 0.05) is 26.9 Å². The third kappa shape index (κ3) is 3.68. The number of halogens is 2. The number of hydrogen-bond acceptors (Lipinski definition) is 2. The zero-order valence-corrected chi connectivity index (χ0v) is 15.9. The first kappa shape index (κ1) is 17.6. The summed E-state index contributed by atoms with van der Waals surface area (Å²) < 4.78 is 0. The molecule has 134 valence electrons. The highest BCUT2D eigenvalue weighted by atomic mass is 35.5. The van der Waals surface area contributed by atoms with Gasteiger partial charge in [-0.1, -0.05) is 41.4 Å². The summed E-state index contributed by atoms with van der Waals surface area (Å²) in [5, 5.41) is 4.12. The van der Waals surface area contributed by atoms with Crippen LogP contribution in [-0.2, 0) is 0 Å². The maximum absolute atomic E-state index is 12.4. The maximum atomic E-state index is 12.4. The lowest BCUT2D eigenvalue weighted by molar-refractivity contribution is 0.102. The molecule has 2 N–H and O–H groups in total. The van der Waals surface area contributed by atoms with Gasteiger partial charge < -0.3 is 10.3 Å². The third-order valence-electron chi connectivity index (χ3n) is 4.29. The largest absolute Gasteiger partial charge is 0.338 e. The number of aromatic amines is 1. The van der Waals surface area contributed by atoms with Crippen LogP contribution in [0.1, 0.15) is 15.9 Å². The van der Waals surface area contributed by atoms with E-state index in [0.29, 0.717) is 21.3 Å². The van der Waals surface area contributed by atoms with Gasteiger partial charge in [-0.05, 0) is 55.0 Å². The SMILES string of the molecule is Cc1ccc(NC(=O)c2ccc(-c3nc4ccc(Cl)cc4[nH]3)cc2)cc1Cl. The Morgan fingerprint density at radius 3 is 2.52 bits per heavy atom. The van der Waals surface area contributed by atoms with Crippen molar-refractivity contribution in [3.8, 4) is 11.4 Å². The minimum Gasteiger partial charge on any atom is -0.338 e. The van der Waals surface area contributed by atoms with Gasteiger partial charge in [0.2, 0.25) is 0 Å². The number of carbonyl (C=O) groups excluding carboxylic acids is 1. The van der Waals surface area contributed by atoms with Gasteiger partial charge in [0.05, 0.1) is 11.0 Å². The predicted molar refractivity (Wildman–Crippen MR) is 111 cm³/mol. The lowest BCUT2D eigenvalue weighted by Gasteiger charge is -2.07. The highest BCUT2D eigenvalue weighted by Crippen LogP contribution is 2.24. The second-order valence-electron chi connectivity index (χ2n) is 6.24. The van der Waals surface area contributed by atoms with E-state index in [2.05, 4.69) is 15.3 Å². The van der Waals surface area contributed by atoms with Crippen LogP contribution >= 0.6 is 23.2 Å². The molecule has 0 spiro atoms. The fourth-order valence-electron chi connectivity index (χ4n) is 2.77. The van der Waals surface area contributed by atoms with Crippen molar-refractivity contribution in [1.29, 1.82) is 0 Å². The summed E-state index contributed by atoms with van der Waals surface area (Å²) in [6, 6.07) is 18.2. The van der Waals surface area contributed by atoms with E-state index in [0.717, 1.165) is 28.0 Å². The quantitative estimate of drug-likeness (QED) is 0.440. The molecule has 4 nitrogen and oxygen atoms in total. The molecule has 0 aliphatic heterocycles. The Morgan fingerprint density at radius 2 is 1.78 bits per heavy atom. The number of fused-ring (bicyclic) bond motifs is 1. The summed E-state index contributed by atoms with van der Waals surface area (Å²) in [5.74, 6) is 0.530. The summed E-state index contributed by atoms with van der Waals surface area (Å²) >= 11 is 12.1. The van der Waals surface area contributed by atoms with Crippen molar-refractivity contribution in [2.75, 3.05) is 5.32 Å². The lowest BCUT2D eigenvalue weighted by atomic mass is 10.1. The molecule has 0 aliphatic carbocycles. The van der Waals surface area contributed by atoms with Gasteiger partial charge in [0.1, 0.15) is 5.82 Å². The minimum absolute atomic E-state index is 0.196. The monoisotopic (exact) mass is 395 g/mol. The molecule has 4 aromatic rings. The van der Waals surface area contributed by atoms with Gasteiger partial charge in [-0.2, -0.15) is 0 Å². The van der Waals surface area contributed by atoms with Crippen LogP contribution in [0.2, 0.25) is 10.0 Å². The molecule has 0 aliphatic rings. The lowest BCUT2D eigenvalue weighted by Crippen LogP contribution is -2.11. The smallest absolute Gasteiger partial charge is 0.255 e. The molecule has 27 heavy (non-hydrogen) atoms. The fourth-order valence-corrected chi connectivity index (χ4v) is 3.12. The predicted octanol–water partition coefficient (Wildman–Crippen LogP) is 6.10. The number of imidazole rings is 1. The molecule has 1 aromatic heterocycles. The van der Waals surface area contributed by atoms with Crippen LogP contribution in [0.25, 0.3) is 22.4 Å². The maximum Gasteiger partial charge on any atom is 0.255 e. The number of hydrogen-bond donors (Lipinski definition) is 2. The van der Waals surface area contributed by atoms with E-state index < -0.39 is 0 Å². The molecule has 0 saturated heterocycles. The van der Waals surface area contributed by atoms with Crippen LogP contribution in [0.4, 0.5) is 5.69 Å². The highest BCUT2D eigenvalue weighted by molar-refractivity contribution is 6.31. The van der Waals surface area contributed by atoms with Gasteiger partial charge in [-0.25, -0.2) is 4.98 Å². The number of rotatable bonds is 3. The summed E-state index contributed by atoms with van der Waals surface area (Å²) in [6.45, 7) is 1.92. The van der Waals surface area contributed by atoms with Crippen molar-refractivity contribution in [3.05, 3.63) is 81.8 Å². The molecule has 1 amide bonds. The van der Waals surface area contributed by atoms with Gasteiger partial charge in [0.15, 0.2) is 0 Å². The van der Waals surface area contributed by atoms with Crippen LogP contribution in [0.15, 0.2) is 60.7 Å². The zero-order chi connectivity index (χ0) is 19.0. The zero-order valence-electron chi connectivity index (χ0n) is 14.4. The first-order valence-electron chi connectivity index (χ1n) is 8.33. The Kier molecular flexibility index (Phi) is 4.60. The molecule has 6 heteroatoms. The number of carbonyl (C=O) groups is 1. The molecule has 0 saturated carbocycles. The summed E-state index contributed by atoms with van der Waals surface area (Å²) in [7, 11) is 0. The van der Waals surface area contributed by atoms with Gasteiger partial charge in [-0.15, -0.1) is 0 Å². The van der Waals surface area contributed by atoms with E-state index in [1.165, 1.54) is 0 Å². The van der Waals surface area contributed by atoms with Crippen LogP contribution in [0.5, 0.6) is 0 Å². The van der Waals surface area contributed by atoms with Crippen LogP contribution in [0.3, 0.4) is 0 Å². The molecule has 3 aromatic carbocycles. The Labute approximate surface area is 166 Å². The van der Waals surface area contributed by atoms with Crippen LogP contribution in [0, 0.1) is 6.92 Å². The van der Waals surface area contributed by atoms with Gasteiger partial charge >= 0.3 is 0 Å². The minimum atomic E-state index is -0.196. The standard InChI is InChI=1S/C21H15Cl2N3O/c1-12-2-8-16(11-17(12)23)24-21(27)14-5-3-13(4-6-14)20-25-18-9-7-15(22)10-19(18)26-20/h2-11H,1H3,(H,24,27)(H,25,26). The fraction of sp³-hybridized carbons (Fsp3) is 0.0476. The number of H-pyrrole nitrogens is 1. The summed E-state index contributed by atoms with van der Waals surface area (Å²) in [4.78, 5) is 20.2. The first-order chi connectivity index (χ1) is 13.0. The van der Waals surface area contributed by atoms with Crippen LogP contribution in [-0.4, -0.2) is 15.9 Å². The number of nitrogens with one attached hydrogen (secondary N) is 2. The van der Waals surface area contributed by atoms with Crippen LogP contribution < -0.4 is 5.32 Å². The van der Waals surface area contributed by atoms with Gasteiger partial charge in [0.25, 0.3) is 5.91 Å². The number of benzene rings is 3. The number of anilines is 1. The summed E-state index contributed by atoms with van der Waals surface area (Å²) in [5.41, 5.74) is 4.77. The molecule has 4 rings (SSSR count). The number of aryl methyl sites for hydroxylation is 1. The number of aromatic nitrogens is 2. The molecular formula is C21H15Cl2N3O. The average Bonchev–Trinajstić information content (AvgIpc) is 3.08. The van der Waals surface area contributed by atoms with Crippen molar-refractivity contribution < 1.29 is 4.79 Å². The van der Waals surface area contributed by atoms with Crippen molar-refractivity contribution in [3.63, 3.8) is 0 Å². The van der Waals surface area contributed by atoms with E-state index in [-0.39, 0.29) is 5.91 Å². The van der Waals surface area contributed by atoms with E-state index in [4.69, 9.17) is 23.2 Å². The molecule has 0 radical (unpaired) electrons. The normalized spacial score (nSPS) is 10.9. The van der Waals surface area contributed by atoms with Crippen molar-refractivity contribution in [2.45, 2.75) is 6.92 Å². The number of nitrogens with zero attached hydrogens (tertiary/aromatic N) is 1. The van der Waals surface area contributed by atoms with Crippen molar-refractivity contribution in [1.82, 2.24) is 9.97 Å². The second kappa shape index (κ2) is 7.06. The van der Waals surface area contributed by atoms with E-state index in [1.807, 2.05) is 43.3 Å². The van der Waals surface area contributed by atoms with Crippen molar-refractivity contribution in [2.24, 2.45) is 0 Å². The molecular weight excluding hydrogens is 381 g/mol. The highest BCUT2D eigenvalue weighted by Gasteiger charge is 2.10. The molecule has 0 bridgehead atoms. The Morgan fingerprint density at radius 1 is 1.00 bits per heavy atom. The topological polar surface area (TPSA) is 57.8 Å². The molecule has 1 heterocycles. The second-order valence-corrected chi connectivity index (χ2v) is 7.09. The molecule has 0 atom stereocenters. The molecule has 0 unspecified atom stereocenters. The van der Waals surface area contributed by atoms with E-state index in [1.54, 1.807) is 24.3 Å². The molecule has 0 fully saturated rings.